The number of carbonyl (C=O) groups excluding carboxylic acids is 2. The number of piperidine rings is 1. The summed E-state index contributed by atoms with van der Waals surface area (Å²) in [5, 5.41) is 6.04. The molecule has 2 amide bonds. The van der Waals surface area contributed by atoms with Crippen molar-refractivity contribution in [1.29, 1.82) is 0 Å². The van der Waals surface area contributed by atoms with E-state index in [1.54, 1.807) is 0 Å². The van der Waals surface area contributed by atoms with Gasteiger partial charge in [-0.1, -0.05) is 20.8 Å². The molecular weight excluding hydrogens is 302 g/mol. The Morgan fingerprint density at radius 2 is 1.71 bits per heavy atom. The quantitative estimate of drug-likeness (QED) is 0.840. The highest BCUT2D eigenvalue weighted by Gasteiger charge is 2.19. The van der Waals surface area contributed by atoms with Crippen LogP contribution in [0.2, 0.25) is 0 Å². The predicted octanol–water partition coefficient (Wildman–Crippen LogP) is 3.34. The second-order valence-electron chi connectivity index (χ2n) is 7.14. The van der Waals surface area contributed by atoms with Gasteiger partial charge in [0.15, 0.2) is 0 Å². The van der Waals surface area contributed by atoms with Crippen LogP contribution in [0.25, 0.3) is 0 Å². The number of nitrogens with one attached hydrogen (secondary N) is 2. The van der Waals surface area contributed by atoms with Crippen LogP contribution < -0.4 is 10.6 Å². The van der Waals surface area contributed by atoms with Gasteiger partial charge in [0.1, 0.15) is 0 Å². The van der Waals surface area contributed by atoms with Gasteiger partial charge >= 0.3 is 0 Å². The standard InChI is InChI=1S/C19H29N3O2/c1-14(2)12-18(23)21-17-6-4-16(5-7-17)20-13-19(24)22-10-8-15(3)9-11-22/h4-7,14-15,20H,8-13H2,1-3H3,(H,21,23). The molecule has 1 aromatic rings. The highest BCUT2D eigenvalue weighted by molar-refractivity contribution is 5.91. The van der Waals surface area contributed by atoms with E-state index < -0.39 is 0 Å². The maximum atomic E-state index is 12.2. The molecule has 2 N–H and O–H groups in total. The zero-order valence-electron chi connectivity index (χ0n) is 15.0. The van der Waals surface area contributed by atoms with Crippen molar-refractivity contribution in [2.75, 3.05) is 30.3 Å². The molecule has 1 aromatic carbocycles. The Bertz CT molecular complexity index is 546. The van der Waals surface area contributed by atoms with Gasteiger partial charge in [-0.15, -0.1) is 0 Å². The summed E-state index contributed by atoms with van der Waals surface area (Å²) in [5.74, 6) is 1.24. The summed E-state index contributed by atoms with van der Waals surface area (Å²) in [6.07, 6.45) is 2.70. The van der Waals surface area contributed by atoms with E-state index in [2.05, 4.69) is 17.6 Å². The molecule has 0 atom stereocenters. The van der Waals surface area contributed by atoms with Gasteiger partial charge in [0, 0.05) is 30.9 Å². The van der Waals surface area contributed by atoms with Gasteiger partial charge in [0.2, 0.25) is 11.8 Å². The lowest BCUT2D eigenvalue weighted by Crippen LogP contribution is -2.40. The number of hydrogen-bond acceptors (Lipinski definition) is 3. The number of likely N-dealkylation sites (tertiary alicyclic amines) is 1. The number of hydrogen-bond donors (Lipinski definition) is 2. The summed E-state index contributed by atoms with van der Waals surface area (Å²) >= 11 is 0. The minimum atomic E-state index is 0.0280. The van der Waals surface area contributed by atoms with Crippen molar-refractivity contribution < 1.29 is 9.59 Å². The van der Waals surface area contributed by atoms with Gasteiger partial charge < -0.3 is 15.5 Å². The Kier molecular flexibility index (Phi) is 6.64. The van der Waals surface area contributed by atoms with Crippen LogP contribution in [-0.4, -0.2) is 36.3 Å². The molecule has 0 aromatic heterocycles. The first-order chi connectivity index (χ1) is 11.4. The summed E-state index contributed by atoms with van der Waals surface area (Å²) in [7, 11) is 0. The van der Waals surface area contributed by atoms with E-state index in [0.29, 0.717) is 18.9 Å². The molecular formula is C19H29N3O2. The van der Waals surface area contributed by atoms with E-state index in [0.717, 1.165) is 43.2 Å². The topological polar surface area (TPSA) is 61.4 Å². The van der Waals surface area contributed by atoms with Crippen LogP contribution in [0.1, 0.15) is 40.0 Å². The van der Waals surface area contributed by atoms with Gasteiger partial charge in [0.05, 0.1) is 6.54 Å². The van der Waals surface area contributed by atoms with Crippen molar-refractivity contribution in [3.05, 3.63) is 24.3 Å². The average molecular weight is 331 g/mol. The van der Waals surface area contributed by atoms with Crippen molar-refractivity contribution in [3.63, 3.8) is 0 Å². The first-order valence-electron chi connectivity index (χ1n) is 8.85. The average Bonchev–Trinajstić information content (AvgIpc) is 2.54. The fourth-order valence-corrected chi connectivity index (χ4v) is 2.80. The van der Waals surface area contributed by atoms with Crippen molar-refractivity contribution >= 4 is 23.2 Å². The van der Waals surface area contributed by atoms with E-state index in [-0.39, 0.29) is 11.8 Å². The fourth-order valence-electron chi connectivity index (χ4n) is 2.80. The van der Waals surface area contributed by atoms with Gasteiger partial charge in [-0.05, 0) is 48.9 Å². The second-order valence-corrected chi connectivity index (χ2v) is 7.14. The second kappa shape index (κ2) is 8.71. The Labute approximate surface area is 144 Å². The van der Waals surface area contributed by atoms with Crippen LogP contribution in [0.4, 0.5) is 11.4 Å². The first kappa shape index (κ1) is 18.3. The molecule has 5 heteroatoms. The zero-order chi connectivity index (χ0) is 17.5. The molecule has 1 aliphatic heterocycles. The van der Waals surface area contributed by atoms with Crippen LogP contribution in [0, 0.1) is 11.8 Å². The molecule has 0 radical (unpaired) electrons. The van der Waals surface area contributed by atoms with Crippen LogP contribution in [0.3, 0.4) is 0 Å². The number of benzene rings is 1. The molecule has 1 fully saturated rings. The summed E-state index contributed by atoms with van der Waals surface area (Å²) in [6, 6.07) is 7.48. The predicted molar refractivity (Wildman–Crippen MR) is 98.0 cm³/mol. The molecule has 1 saturated heterocycles. The molecule has 2 rings (SSSR count). The van der Waals surface area contributed by atoms with Crippen LogP contribution in [0.5, 0.6) is 0 Å². The molecule has 0 spiro atoms. The van der Waals surface area contributed by atoms with Gasteiger partial charge in [0.25, 0.3) is 0 Å². The number of amides is 2. The van der Waals surface area contributed by atoms with E-state index >= 15 is 0 Å². The molecule has 0 unspecified atom stereocenters. The fraction of sp³-hybridized carbons (Fsp3) is 0.579. The highest BCUT2D eigenvalue weighted by Crippen LogP contribution is 2.17. The van der Waals surface area contributed by atoms with Crippen LogP contribution in [0.15, 0.2) is 24.3 Å². The molecule has 0 aliphatic carbocycles. The lowest BCUT2D eigenvalue weighted by atomic mass is 9.99. The van der Waals surface area contributed by atoms with Crippen molar-refractivity contribution in [2.24, 2.45) is 11.8 Å². The lowest BCUT2D eigenvalue weighted by molar-refractivity contribution is -0.130. The molecule has 0 saturated carbocycles. The molecule has 24 heavy (non-hydrogen) atoms. The van der Waals surface area contributed by atoms with Gasteiger partial charge in [-0.2, -0.15) is 0 Å². The number of anilines is 2. The normalized spacial score (nSPS) is 15.4. The third-order valence-corrected chi connectivity index (χ3v) is 4.34. The molecule has 1 aliphatic rings. The highest BCUT2D eigenvalue weighted by atomic mass is 16.2. The van der Waals surface area contributed by atoms with Crippen molar-refractivity contribution in [3.8, 4) is 0 Å². The number of carbonyl (C=O) groups is 2. The Morgan fingerprint density at radius 3 is 2.29 bits per heavy atom. The van der Waals surface area contributed by atoms with E-state index in [1.165, 1.54) is 0 Å². The minimum absolute atomic E-state index is 0.0280. The summed E-state index contributed by atoms with van der Waals surface area (Å²) < 4.78 is 0. The van der Waals surface area contributed by atoms with Crippen molar-refractivity contribution in [2.45, 2.75) is 40.0 Å². The van der Waals surface area contributed by atoms with Gasteiger partial charge in [-0.25, -0.2) is 0 Å². The van der Waals surface area contributed by atoms with E-state index in [1.807, 2.05) is 43.0 Å². The van der Waals surface area contributed by atoms with Gasteiger partial charge in [-0.3, -0.25) is 9.59 Å². The monoisotopic (exact) mass is 331 g/mol. The Balaban J connectivity index is 1.77. The molecule has 5 nitrogen and oxygen atoms in total. The third-order valence-electron chi connectivity index (χ3n) is 4.34. The van der Waals surface area contributed by atoms with Crippen molar-refractivity contribution in [1.82, 2.24) is 4.90 Å². The first-order valence-corrected chi connectivity index (χ1v) is 8.85. The molecule has 1 heterocycles. The van der Waals surface area contributed by atoms with E-state index in [9.17, 15) is 9.59 Å². The summed E-state index contributed by atoms with van der Waals surface area (Å²) in [6.45, 7) is 8.32. The Hall–Kier alpha value is -2.04. The zero-order valence-corrected chi connectivity index (χ0v) is 15.0. The largest absolute Gasteiger partial charge is 0.376 e. The Morgan fingerprint density at radius 1 is 1.12 bits per heavy atom. The summed E-state index contributed by atoms with van der Waals surface area (Å²) in [4.78, 5) is 25.9. The van der Waals surface area contributed by atoms with Crippen LogP contribution >= 0.6 is 0 Å². The minimum Gasteiger partial charge on any atom is -0.376 e. The maximum absolute atomic E-state index is 12.2. The number of nitrogens with zero attached hydrogens (tertiary/aromatic N) is 1. The van der Waals surface area contributed by atoms with Crippen LogP contribution in [-0.2, 0) is 9.59 Å². The maximum Gasteiger partial charge on any atom is 0.241 e. The number of rotatable bonds is 6. The molecule has 132 valence electrons. The third kappa shape index (κ3) is 5.87. The summed E-state index contributed by atoms with van der Waals surface area (Å²) in [5.41, 5.74) is 1.66. The SMILES string of the molecule is CC(C)CC(=O)Nc1ccc(NCC(=O)N2CCC(C)CC2)cc1. The van der Waals surface area contributed by atoms with E-state index in [4.69, 9.17) is 0 Å². The lowest BCUT2D eigenvalue weighted by Gasteiger charge is -2.30. The molecule has 0 bridgehead atoms. The smallest absolute Gasteiger partial charge is 0.241 e.